The van der Waals surface area contributed by atoms with Gasteiger partial charge in [0.1, 0.15) is 0 Å². The van der Waals surface area contributed by atoms with Crippen LogP contribution in [-0.4, -0.2) is 40.3 Å². The summed E-state index contributed by atoms with van der Waals surface area (Å²) in [6.45, 7) is 1.39. The van der Waals surface area contributed by atoms with Crippen LogP contribution in [0, 0.1) is 0 Å². The third kappa shape index (κ3) is 25.5. The van der Waals surface area contributed by atoms with E-state index in [4.69, 9.17) is 10.2 Å². The largest absolute Gasteiger partial charge is 0.394 e. The first kappa shape index (κ1) is 22.6. The molecular formula is C3H9AlClO2Zr. The van der Waals surface area contributed by atoms with Gasteiger partial charge in [0.05, 0.1) is 12.7 Å². The first-order chi connectivity index (χ1) is 2.27. The topological polar surface area (TPSA) is 40.5 Å². The Labute approximate surface area is 85.3 Å². The molecule has 0 aromatic rings. The zero-order chi connectivity index (χ0) is 4.28. The van der Waals surface area contributed by atoms with E-state index in [0.29, 0.717) is 0 Å². The summed E-state index contributed by atoms with van der Waals surface area (Å²) in [5.41, 5.74) is 0. The van der Waals surface area contributed by atoms with Gasteiger partial charge in [0.25, 0.3) is 0 Å². The Kier molecular flexibility index (Phi) is 44.8. The number of rotatable bonds is 1. The average Bonchev–Trinajstić information content (AvgIpc) is 1.38. The standard InChI is InChI=1S/C3H8O2.Al.ClH.Zr/c1-3(5)2-4;;;/h3-5H,2H2,1H3;;1H;. The third-order valence-electron chi connectivity index (χ3n) is 0.264. The molecule has 2 N–H and O–H groups in total. The summed E-state index contributed by atoms with van der Waals surface area (Å²) in [4.78, 5) is 0. The van der Waals surface area contributed by atoms with Gasteiger partial charge in [-0.2, -0.15) is 0 Å². The molecule has 0 fully saturated rings. The molecule has 0 saturated carbocycles. The van der Waals surface area contributed by atoms with Crippen LogP contribution in [0.15, 0.2) is 0 Å². The van der Waals surface area contributed by atoms with E-state index in [9.17, 15) is 0 Å². The van der Waals surface area contributed by atoms with Crippen LogP contribution in [0.1, 0.15) is 6.92 Å². The van der Waals surface area contributed by atoms with Crippen molar-refractivity contribution in [1.82, 2.24) is 0 Å². The molecule has 0 aromatic heterocycles. The summed E-state index contributed by atoms with van der Waals surface area (Å²) in [7, 11) is 0. The van der Waals surface area contributed by atoms with Crippen molar-refractivity contribution in [3.05, 3.63) is 0 Å². The van der Waals surface area contributed by atoms with Crippen molar-refractivity contribution in [2.75, 3.05) is 6.61 Å². The monoisotopic (exact) mass is 229 g/mol. The van der Waals surface area contributed by atoms with Crippen LogP contribution < -0.4 is 0 Å². The molecule has 0 aliphatic heterocycles. The van der Waals surface area contributed by atoms with Gasteiger partial charge in [-0.1, -0.05) is 0 Å². The number of halogens is 1. The minimum Gasteiger partial charge on any atom is -0.394 e. The second-order valence-corrected chi connectivity index (χ2v) is 1.03. The van der Waals surface area contributed by atoms with E-state index in [1.54, 1.807) is 0 Å². The van der Waals surface area contributed by atoms with Crippen LogP contribution in [0.2, 0.25) is 0 Å². The average molecular weight is 231 g/mol. The zero-order valence-corrected chi connectivity index (χ0v) is 9.09. The maximum atomic E-state index is 8.11. The molecule has 2 nitrogen and oxygen atoms in total. The van der Waals surface area contributed by atoms with Crippen LogP contribution in [0.5, 0.6) is 0 Å². The van der Waals surface area contributed by atoms with Crippen molar-refractivity contribution in [2.45, 2.75) is 13.0 Å². The van der Waals surface area contributed by atoms with Crippen molar-refractivity contribution >= 4 is 29.8 Å². The van der Waals surface area contributed by atoms with Crippen LogP contribution >= 0.6 is 12.4 Å². The summed E-state index contributed by atoms with van der Waals surface area (Å²) in [5.74, 6) is 0. The maximum absolute atomic E-state index is 8.11. The second kappa shape index (κ2) is 15.8. The van der Waals surface area contributed by atoms with Gasteiger partial charge in [0, 0.05) is 43.6 Å². The van der Waals surface area contributed by atoms with Crippen molar-refractivity contribution in [1.29, 1.82) is 0 Å². The minimum atomic E-state index is -0.560. The normalized spacial score (nSPS) is 9.38. The second-order valence-electron chi connectivity index (χ2n) is 1.03. The van der Waals surface area contributed by atoms with Crippen molar-refractivity contribution < 1.29 is 36.4 Å². The molecule has 0 saturated heterocycles. The van der Waals surface area contributed by atoms with Gasteiger partial charge in [-0.05, 0) is 6.92 Å². The first-order valence-electron chi connectivity index (χ1n) is 1.56. The van der Waals surface area contributed by atoms with Gasteiger partial charge in [-0.25, -0.2) is 0 Å². The number of hydrogen-bond acceptors (Lipinski definition) is 2. The molecule has 0 heterocycles. The Morgan fingerprint density at radius 2 is 1.62 bits per heavy atom. The molecule has 1 atom stereocenters. The molecule has 0 spiro atoms. The summed E-state index contributed by atoms with van der Waals surface area (Å²) in [5, 5.41) is 16.0. The predicted octanol–water partition coefficient (Wildman–Crippen LogP) is -0.602. The van der Waals surface area contributed by atoms with E-state index in [1.165, 1.54) is 6.92 Å². The maximum Gasteiger partial charge on any atom is 0.0742 e. The Balaban J connectivity index is -0.0000000267. The molecule has 0 bridgehead atoms. The van der Waals surface area contributed by atoms with Crippen molar-refractivity contribution in [3.63, 3.8) is 0 Å². The zero-order valence-electron chi connectivity index (χ0n) is 4.66. The SMILES string of the molecule is CC(O)CO.Cl.[Al].[Zr]. The molecule has 5 heteroatoms. The van der Waals surface area contributed by atoms with Crippen LogP contribution in [0.3, 0.4) is 0 Å². The molecule has 0 aliphatic carbocycles. The fraction of sp³-hybridized carbons (Fsp3) is 1.00. The van der Waals surface area contributed by atoms with E-state index >= 15 is 0 Å². The van der Waals surface area contributed by atoms with E-state index < -0.39 is 6.10 Å². The predicted molar refractivity (Wildman–Crippen MR) is 31.8 cm³/mol. The van der Waals surface area contributed by atoms with E-state index in [-0.39, 0.29) is 62.6 Å². The van der Waals surface area contributed by atoms with Crippen molar-refractivity contribution in [3.8, 4) is 0 Å². The Bertz CT molecular complexity index is 31.2. The fourth-order valence-corrected chi connectivity index (χ4v) is 0. The quantitative estimate of drug-likeness (QED) is 0.591. The van der Waals surface area contributed by atoms with Gasteiger partial charge < -0.3 is 10.2 Å². The number of aliphatic hydroxyl groups excluding tert-OH is 2. The molecule has 47 valence electrons. The molecule has 0 aromatic carbocycles. The molecule has 1 unspecified atom stereocenters. The molecular weight excluding hydrogens is 222 g/mol. The van der Waals surface area contributed by atoms with E-state index in [1.807, 2.05) is 0 Å². The van der Waals surface area contributed by atoms with Crippen molar-refractivity contribution in [2.24, 2.45) is 0 Å². The summed E-state index contributed by atoms with van der Waals surface area (Å²) >= 11 is 0. The molecule has 8 heavy (non-hydrogen) atoms. The fourth-order valence-electron chi connectivity index (χ4n) is 0. The Hall–Kier alpha value is 1.63. The van der Waals surface area contributed by atoms with Gasteiger partial charge in [-0.15, -0.1) is 12.4 Å². The Morgan fingerprint density at radius 3 is 1.62 bits per heavy atom. The van der Waals surface area contributed by atoms with Crippen LogP contribution in [-0.2, 0) is 26.2 Å². The van der Waals surface area contributed by atoms with Crippen LogP contribution in [0.25, 0.3) is 0 Å². The van der Waals surface area contributed by atoms with Gasteiger partial charge in [-0.3, -0.25) is 0 Å². The van der Waals surface area contributed by atoms with Gasteiger partial charge in [0.15, 0.2) is 0 Å². The minimum absolute atomic E-state index is 0. The van der Waals surface area contributed by atoms with Gasteiger partial charge in [0.2, 0.25) is 0 Å². The first-order valence-corrected chi connectivity index (χ1v) is 1.56. The molecule has 0 amide bonds. The van der Waals surface area contributed by atoms with Crippen LogP contribution in [0.4, 0.5) is 0 Å². The molecule has 0 aliphatic rings. The van der Waals surface area contributed by atoms with E-state index in [2.05, 4.69) is 0 Å². The van der Waals surface area contributed by atoms with E-state index in [0.717, 1.165) is 0 Å². The molecule has 0 rings (SSSR count). The Morgan fingerprint density at radius 1 is 1.50 bits per heavy atom. The number of hydrogen-bond donors (Lipinski definition) is 2. The summed E-state index contributed by atoms with van der Waals surface area (Å²) in [6, 6.07) is 0. The summed E-state index contributed by atoms with van der Waals surface area (Å²) in [6.07, 6.45) is -0.560. The smallest absolute Gasteiger partial charge is 0.0742 e. The summed E-state index contributed by atoms with van der Waals surface area (Å²) < 4.78 is 0. The van der Waals surface area contributed by atoms with Gasteiger partial charge >= 0.3 is 0 Å². The molecule has 3 radical (unpaired) electrons. The number of aliphatic hydroxyl groups is 2. The third-order valence-corrected chi connectivity index (χ3v) is 0.264.